The Labute approximate surface area is 186 Å². The maximum absolute atomic E-state index is 12.3. The van der Waals surface area contributed by atoms with E-state index < -0.39 is 10.8 Å². The molecule has 0 unspecified atom stereocenters. The first-order valence-corrected chi connectivity index (χ1v) is 10.1. The number of carbonyl (C=O) groups excluding carboxylic acids is 1. The molecule has 0 radical (unpaired) electrons. The van der Waals surface area contributed by atoms with E-state index in [2.05, 4.69) is 15.5 Å². The number of nitro groups is 1. The molecule has 3 aromatic rings. The molecule has 32 heavy (non-hydrogen) atoms. The molecule has 1 heterocycles. The number of nitrogen functional groups attached to an aromatic ring is 1. The van der Waals surface area contributed by atoms with Gasteiger partial charge in [-0.2, -0.15) is 0 Å². The summed E-state index contributed by atoms with van der Waals surface area (Å²) in [5.41, 5.74) is -0.218. The van der Waals surface area contributed by atoms with Crippen LogP contribution < -0.4 is 25.4 Å². The zero-order valence-electron chi connectivity index (χ0n) is 17.2. The van der Waals surface area contributed by atoms with Crippen molar-refractivity contribution in [2.24, 2.45) is 0 Å². The number of methoxy groups -OCH3 is 2. The normalized spacial score (nSPS) is 10.4. The van der Waals surface area contributed by atoms with Gasteiger partial charge in [0, 0.05) is 6.07 Å². The van der Waals surface area contributed by atoms with Crippen molar-refractivity contribution < 1.29 is 23.9 Å². The summed E-state index contributed by atoms with van der Waals surface area (Å²) in [5, 5.41) is 21.9. The van der Waals surface area contributed by atoms with Crippen molar-refractivity contribution >= 4 is 29.0 Å². The molecule has 0 fully saturated rings. The zero-order chi connectivity index (χ0) is 23.1. The molecule has 3 rings (SSSR count). The molecule has 0 saturated carbocycles. The number of nitrogens with zero attached hydrogens (tertiary/aromatic N) is 4. The molecule has 0 spiro atoms. The molecule has 0 saturated heterocycles. The highest BCUT2D eigenvalue weighted by Gasteiger charge is 2.18. The lowest BCUT2D eigenvalue weighted by Gasteiger charge is -2.08. The van der Waals surface area contributed by atoms with Gasteiger partial charge >= 0.3 is 0 Å². The van der Waals surface area contributed by atoms with Crippen molar-refractivity contribution in [3.05, 3.63) is 58.4 Å². The van der Waals surface area contributed by atoms with Gasteiger partial charge in [-0.15, -0.1) is 10.2 Å². The largest absolute Gasteiger partial charge is 0.497 e. The number of ether oxygens (including phenoxy) is 3. The van der Waals surface area contributed by atoms with Crippen LogP contribution in [0.4, 0.5) is 11.4 Å². The van der Waals surface area contributed by atoms with Gasteiger partial charge in [-0.1, -0.05) is 17.8 Å². The van der Waals surface area contributed by atoms with Crippen molar-refractivity contribution in [2.45, 2.75) is 11.8 Å². The molecular formula is C19H20N6O6S. The van der Waals surface area contributed by atoms with Crippen LogP contribution in [0.1, 0.15) is 5.82 Å². The maximum Gasteiger partial charge on any atom is 0.296 e. The van der Waals surface area contributed by atoms with Gasteiger partial charge in [0.2, 0.25) is 11.1 Å². The van der Waals surface area contributed by atoms with Crippen LogP contribution in [-0.4, -0.2) is 45.7 Å². The maximum atomic E-state index is 12.3. The van der Waals surface area contributed by atoms with Crippen LogP contribution in [0.25, 0.3) is 0 Å². The summed E-state index contributed by atoms with van der Waals surface area (Å²) in [7, 11) is 2.95. The highest BCUT2D eigenvalue weighted by molar-refractivity contribution is 7.99. The van der Waals surface area contributed by atoms with Crippen molar-refractivity contribution in [1.29, 1.82) is 0 Å². The highest BCUT2D eigenvalue weighted by Crippen LogP contribution is 2.29. The number of aromatic nitrogens is 3. The second-order valence-corrected chi connectivity index (χ2v) is 7.16. The average Bonchev–Trinajstić information content (AvgIpc) is 3.15. The number of benzene rings is 2. The van der Waals surface area contributed by atoms with E-state index in [0.29, 0.717) is 23.1 Å². The summed E-state index contributed by atoms with van der Waals surface area (Å²) in [6, 6.07) is 11.2. The number of nitrogens with one attached hydrogen (secondary N) is 1. The van der Waals surface area contributed by atoms with Crippen molar-refractivity contribution in [1.82, 2.24) is 14.9 Å². The van der Waals surface area contributed by atoms with E-state index in [4.69, 9.17) is 20.1 Å². The van der Waals surface area contributed by atoms with Gasteiger partial charge in [-0.3, -0.25) is 14.9 Å². The molecule has 12 nitrogen and oxygen atoms in total. The van der Waals surface area contributed by atoms with E-state index in [1.54, 1.807) is 31.4 Å². The minimum atomic E-state index is -0.601. The zero-order valence-corrected chi connectivity index (χ0v) is 18.0. The van der Waals surface area contributed by atoms with Crippen LogP contribution >= 0.6 is 11.8 Å². The molecule has 0 aliphatic rings. The van der Waals surface area contributed by atoms with E-state index in [1.165, 1.54) is 30.0 Å². The number of amides is 1. The third-order valence-corrected chi connectivity index (χ3v) is 5.10. The van der Waals surface area contributed by atoms with Crippen LogP contribution in [0.5, 0.6) is 17.2 Å². The van der Waals surface area contributed by atoms with Crippen molar-refractivity contribution in [3.63, 3.8) is 0 Å². The Morgan fingerprint density at radius 1 is 1.16 bits per heavy atom. The second-order valence-electron chi connectivity index (χ2n) is 6.21. The third-order valence-electron chi connectivity index (χ3n) is 4.15. The summed E-state index contributed by atoms with van der Waals surface area (Å²) in [4.78, 5) is 22.9. The highest BCUT2D eigenvalue weighted by atomic mass is 32.2. The minimum Gasteiger partial charge on any atom is -0.497 e. The first kappa shape index (κ1) is 22.7. The summed E-state index contributed by atoms with van der Waals surface area (Å²) in [6.45, 7) is 0.0570. The number of nitrogens with two attached hydrogens (primary N) is 1. The monoisotopic (exact) mass is 460 g/mol. The molecule has 168 valence electrons. The lowest BCUT2D eigenvalue weighted by atomic mass is 10.2. The topological polar surface area (TPSA) is 157 Å². The summed E-state index contributed by atoms with van der Waals surface area (Å²) < 4.78 is 17.0. The average molecular weight is 460 g/mol. The Bertz CT molecular complexity index is 1120. The van der Waals surface area contributed by atoms with Gasteiger partial charge in [0.1, 0.15) is 29.5 Å². The summed E-state index contributed by atoms with van der Waals surface area (Å²) in [5.74, 6) is 7.31. The molecule has 3 N–H and O–H groups in total. The van der Waals surface area contributed by atoms with E-state index in [1.807, 2.05) is 0 Å². The Morgan fingerprint density at radius 2 is 1.88 bits per heavy atom. The Morgan fingerprint density at radius 3 is 2.59 bits per heavy atom. The summed E-state index contributed by atoms with van der Waals surface area (Å²) >= 11 is 1.03. The predicted octanol–water partition coefficient (Wildman–Crippen LogP) is 2.23. The molecular weight excluding hydrogens is 440 g/mol. The first-order valence-electron chi connectivity index (χ1n) is 9.12. The molecule has 0 aliphatic heterocycles. The Hall–Kier alpha value is -4.00. The van der Waals surface area contributed by atoms with Gasteiger partial charge in [0.05, 0.1) is 31.0 Å². The molecule has 1 amide bonds. The number of carbonyl (C=O) groups is 1. The number of hydrogen-bond acceptors (Lipinski definition) is 10. The van der Waals surface area contributed by atoms with Gasteiger partial charge in [-0.05, 0) is 24.3 Å². The Kier molecular flexibility index (Phi) is 7.33. The molecule has 13 heteroatoms. The number of rotatable bonds is 10. The fraction of sp³-hybridized carbons (Fsp3) is 0.211. The van der Waals surface area contributed by atoms with E-state index in [9.17, 15) is 14.9 Å². The van der Waals surface area contributed by atoms with Crippen LogP contribution in [0.15, 0.2) is 47.6 Å². The SMILES string of the molecule is COc1cccc(OCc2nnc(SCC(=O)Nc3ccc(OC)cc3[N+](=O)[O-])n2N)c1. The fourth-order valence-electron chi connectivity index (χ4n) is 2.55. The van der Waals surface area contributed by atoms with Crippen LogP contribution in [-0.2, 0) is 11.4 Å². The van der Waals surface area contributed by atoms with Crippen molar-refractivity contribution in [3.8, 4) is 17.2 Å². The van der Waals surface area contributed by atoms with Gasteiger partial charge in [0.15, 0.2) is 5.82 Å². The van der Waals surface area contributed by atoms with E-state index in [0.717, 1.165) is 11.8 Å². The predicted molar refractivity (Wildman–Crippen MR) is 117 cm³/mol. The van der Waals surface area contributed by atoms with Gasteiger partial charge in [0.25, 0.3) is 5.69 Å². The van der Waals surface area contributed by atoms with Crippen molar-refractivity contribution in [2.75, 3.05) is 31.1 Å². The number of thioether (sulfide) groups is 1. The lowest BCUT2D eigenvalue weighted by Crippen LogP contribution is -2.18. The standard InChI is InChI=1S/C19H20N6O6S/c1-29-12-4-3-5-14(8-12)31-10-17-22-23-19(24(17)20)32-11-18(26)21-15-7-6-13(30-2)9-16(15)25(27)28/h3-9H,10-11,20H2,1-2H3,(H,21,26). The molecule has 0 atom stereocenters. The number of nitro benzene ring substituents is 1. The van der Waals surface area contributed by atoms with E-state index in [-0.39, 0.29) is 28.9 Å². The van der Waals surface area contributed by atoms with E-state index >= 15 is 0 Å². The minimum absolute atomic E-state index is 0.0570. The molecule has 0 aliphatic carbocycles. The van der Waals surface area contributed by atoms with Gasteiger partial charge < -0.3 is 25.4 Å². The third kappa shape index (κ3) is 5.57. The van der Waals surface area contributed by atoms with Crippen LogP contribution in [0.3, 0.4) is 0 Å². The number of hydrogen-bond donors (Lipinski definition) is 2. The van der Waals surface area contributed by atoms with Crippen LogP contribution in [0.2, 0.25) is 0 Å². The molecule has 1 aromatic heterocycles. The summed E-state index contributed by atoms with van der Waals surface area (Å²) in [6.07, 6.45) is 0. The second kappa shape index (κ2) is 10.3. The number of anilines is 1. The van der Waals surface area contributed by atoms with Crippen LogP contribution in [0, 0.1) is 10.1 Å². The molecule has 0 bridgehead atoms. The molecule has 2 aromatic carbocycles. The van der Waals surface area contributed by atoms with Gasteiger partial charge in [-0.25, -0.2) is 4.68 Å². The first-order chi connectivity index (χ1) is 15.4. The fourth-order valence-corrected chi connectivity index (χ4v) is 3.23. The Balaban J connectivity index is 1.58. The lowest BCUT2D eigenvalue weighted by molar-refractivity contribution is -0.384. The smallest absolute Gasteiger partial charge is 0.296 e. The quantitative estimate of drug-likeness (QED) is 0.199.